The fraction of sp³-hybridized carbons (Fsp3) is 0.0909. The van der Waals surface area contributed by atoms with Gasteiger partial charge in [-0.1, -0.05) is 18.2 Å². The molecule has 1 aromatic heterocycles. The topological polar surface area (TPSA) is 94.6 Å². The summed E-state index contributed by atoms with van der Waals surface area (Å²) < 4.78 is 9.58. The van der Waals surface area contributed by atoms with E-state index in [0.717, 1.165) is 10.9 Å². The van der Waals surface area contributed by atoms with Crippen LogP contribution in [0.4, 0.5) is 5.69 Å². The highest BCUT2D eigenvalue weighted by atomic mass is 16.5. The maximum atomic E-state index is 12.1. The summed E-state index contributed by atoms with van der Waals surface area (Å²) in [6.07, 6.45) is 4.41. The van der Waals surface area contributed by atoms with E-state index in [0.29, 0.717) is 16.8 Å². The summed E-state index contributed by atoms with van der Waals surface area (Å²) in [4.78, 5) is 39.5. The normalized spacial score (nSPS) is 10.7. The third-order valence-corrected chi connectivity index (χ3v) is 4.01. The molecule has 0 atom stereocenters. The Morgan fingerprint density at radius 2 is 1.83 bits per heavy atom. The number of pyridine rings is 1. The van der Waals surface area contributed by atoms with Gasteiger partial charge in [-0.25, -0.2) is 9.59 Å². The number of methoxy groups -OCH3 is 1. The van der Waals surface area contributed by atoms with Crippen molar-refractivity contribution in [1.29, 1.82) is 0 Å². The number of rotatable bonds is 6. The Bertz CT molecular complexity index is 1070. The number of hydrogen-bond donors (Lipinski definition) is 1. The van der Waals surface area contributed by atoms with Gasteiger partial charge in [-0.3, -0.25) is 9.78 Å². The lowest BCUT2D eigenvalue weighted by Gasteiger charge is -2.08. The molecule has 0 spiro atoms. The standard InChI is InChI=1S/C22H18N2O5/c1-28-22(27)16-10-7-15(8-11-16)9-12-21(26)29-14-20(25)24-19-6-2-5-18-17(19)4-3-13-23-18/h2-13H,14H2,1H3,(H,24,25)/b12-9+. The Balaban J connectivity index is 1.53. The Hall–Kier alpha value is -4.00. The maximum absolute atomic E-state index is 12.1. The summed E-state index contributed by atoms with van der Waals surface area (Å²) in [6, 6.07) is 15.5. The van der Waals surface area contributed by atoms with Crippen LogP contribution in [0.3, 0.4) is 0 Å². The second kappa shape index (κ2) is 9.27. The molecule has 3 aromatic rings. The molecule has 1 amide bonds. The second-order valence-corrected chi connectivity index (χ2v) is 5.98. The number of carbonyl (C=O) groups is 3. The summed E-state index contributed by atoms with van der Waals surface area (Å²) >= 11 is 0. The lowest BCUT2D eigenvalue weighted by Crippen LogP contribution is -2.20. The zero-order chi connectivity index (χ0) is 20.6. The van der Waals surface area contributed by atoms with Crippen LogP contribution in [0.15, 0.2) is 66.9 Å². The largest absolute Gasteiger partial charge is 0.465 e. The molecule has 7 heteroatoms. The van der Waals surface area contributed by atoms with Gasteiger partial charge in [-0.2, -0.15) is 0 Å². The van der Waals surface area contributed by atoms with E-state index in [-0.39, 0.29) is 0 Å². The monoisotopic (exact) mass is 390 g/mol. The van der Waals surface area contributed by atoms with Gasteiger partial charge in [0.2, 0.25) is 0 Å². The first kappa shape index (κ1) is 19.8. The number of benzene rings is 2. The van der Waals surface area contributed by atoms with Gasteiger partial charge in [-0.15, -0.1) is 0 Å². The van der Waals surface area contributed by atoms with E-state index in [1.807, 2.05) is 12.1 Å². The zero-order valence-electron chi connectivity index (χ0n) is 15.6. The van der Waals surface area contributed by atoms with Crippen LogP contribution in [0.5, 0.6) is 0 Å². The number of fused-ring (bicyclic) bond motifs is 1. The number of esters is 2. The predicted octanol–water partition coefficient (Wildman–Crippen LogP) is 3.22. The first-order chi connectivity index (χ1) is 14.1. The molecule has 2 aromatic carbocycles. The van der Waals surface area contributed by atoms with Crippen molar-refractivity contribution in [3.63, 3.8) is 0 Å². The van der Waals surface area contributed by atoms with E-state index < -0.39 is 24.5 Å². The van der Waals surface area contributed by atoms with Crippen molar-refractivity contribution in [3.8, 4) is 0 Å². The van der Waals surface area contributed by atoms with Crippen LogP contribution in [0, 0.1) is 0 Å². The van der Waals surface area contributed by atoms with E-state index >= 15 is 0 Å². The molecule has 0 aliphatic rings. The first-order valence-corrected chi connectivity index (χ1v) is 8.73. The van der Waals surface area contributed by atoms with Crippen molar-refractivity contribution in [1.82, 2.24) is 4.98 Å². The molecular formula is C22H18N2O5. The van der Waals surface area contributed by atoms with Crippen molar-refractivity contribution < 1.29 is 23.9 Å². The molecule has 0 aliphatic carbocycles. The summed E-state index contributed by atoms with van der Waals surface area (Å²) in [6.45, 7) is -0.416. The smallest absolute Gasteiger partial charge is 0.337 e. The molecule has 146 valence electrons. The average Bonchev–Trinajstić information content (AvgIpc) is 2.76. The van der Waals surface area contributed by atoms with E-state index in [1.54, 1.807) is 48.7 Å². The summed E-state index contributed by atoms with van der Waals surface area (Å²) in [5, 5.41) is 3.51. The lowest BCUT2D eigenvalue weighted by atomic mass is 10.1. The minimum Gasteiger partial charge on any atom is -0.465 e. The summed E-state index contributed by atoms with van der Waals surface area (Å²) in [5.74, 6) is -1.55. The number of amides is 1. The van der Waals surface area contributed by atoms with Crippen LogP contribution in [-0.4, -0.2) is 36.5 Å². The highest BCUT2D eigenvalue weighted by Gasteiger charge is 2.08. The van der Waals surface area contributed by atoms with Gasteiger partial charge in [0.05, 0.1) is 23.9 Å². The SMILES string of the molecule is COC(=O)c1ccc(/C=C/C(=O)OCC(=O)Nc2cccc3ncccc23)cc1. The summed E-state index contributed by atoms with van der Waals surface area (Å²) in [7, 11) is 1.31. The number of anilines is 1. The van der Waals surface area contributed by atoms with Gasteiger partial charge in [0.25, 0.3) is 5.91 Å². The molecule has 7 nitrogen and oxygen atoms in total. The Kier molecular flexibility index (Phi) is 6.32. The third-order valence-electron chi connectivity index (χ3n) is 4.01. The van der Waals surface area contributed by atoms with E-state index in [1.165, 1.54) is 19.3 Å². The molecule has 3 rings (SSSR count). The number of aromatic nitrogens is 1. The van der Waals surface area contributed by atoms with Crippen LogP contribution in [0.2, 0.25) is 0 Å². The van der Waals surface area contributed by atoms with Crippen LogP contribution >= 0.6 is 0 Å². The average molecular weight is 390 g/mol. The van der Waals surface area contributed by atoms with Gasteiger partial charge < -0.3 is 14.8 Å². The van der Waals surface area contributed by atoms with Gasteiger partial charge in [0.15, 0.2) is 6.61 Å². The van der Waals surface area contributed by atoms with E-state index in [4.69, 9.17) is 4.74 Å². The minimum atomic E-state index is -0.656. The molecule has 0 fully saturated rings. The van der Waals surface area contributed by atoms with E-state index in [2.05, 4.69) is 15.0 Å². The molecule has 1 heterocycles. The van der Waals surface area contributed by atoms with Crippen LogP contribution in [0.25, 0.3) is 17.0 Å². The fourth-order valence-corrected chi connectivity index (χ4v) is 2.60. The Morgan fingerprint density at radius 1 is 1.03 bits per heavy atom. The third kappa shape index (κ3) is 5.26. The quantitative estimate of drug-likeness (QED) is 0.513. The summed E-state index contributed by atoms with van der Waals surface area (Å²) in [5.41, 5.74) is 2.45. The van der Waals surface area contributed by atoms with Crippen LogP contribution < -0.4 is 5.32 Å². The highest BCUT2D eigenvalue weighted by Crippen LogP contribution is 2.21. The highest BCUT2D eigenvalue weighted by molar-refractivity contribution is 6.02. The molecule has 0 bridgehead atoms. The Morgan fingerprint density at radius 3 is 2.59 bits per heavy atom. The second-order valence-electron chi connectivity index (χ2n) is 5.98. The number of ether oxygens (including phenoxy) is 2. The van der Waals surface area contributed by atoms with Crippen molar-refractivity contribution in [2.75, 3.05) is 19.0 Å². The molecule has 0 unspecified atom stereocenters. The van der Waals surface area contributed by atoms with E-state index in [9.17, 15) is 14.4 Å². The number of nitrogens with zero attached hydrogens (tertiary/aromatic N) is 1. The van der Waals surface area contributed by atoms with Gasteiger partial charge in [-0.05, 0) is 48.0 Å². The zero-order valence-corrected chi connectivity index (χ0v) is 15.6. The van der Waals surface area contributed by atoms with Crippen molar-refractivity contribution >= 4 is 40.5 Å². The van der Waals surface area contributed by atoms with Gasteiger partial charge >= 0.3 is 11.9 Å². The minimum absolute atomic E-state index is 0.410. The van der Waals surface area contributed by atoms with Crippen LogP contribution in [-0.2, 0) is 19.1 Å². The number of hydrogen-bond acceptors (Lipinski definition) is 6. The fourth-order valence-electron chi connectivity index (χ4n) is 2.60. The van der Waals surface area contributed by atoms with Crippen molar-refractivity contribution in [3.05, 3.63) is 78.0 Å². The first-order valence-electron chi connectivity index (χ1n) is 8.73. The van der Waals surface area contributed by atoms with Gasteiger partial charge in [0.1, 0.15) is 0 Å². The molecule has 0 aliphatic heterocycles. The molecular weight excluding hydrogens is 372 g/mol. The number of nitrogens with one attached hydrogen (secondary N) is 1. The van der Waals surface area contributed by atoms with Gasteiger partial charge in [0, 0.05) is 17.7 Å². The lowest BCUT2D eigenvalue weighted by molar-refractivity contribution is -0.142. The Labute approximate surface area is 167 Å². The van der Waals surface area contributed by atoms with Crippen molar-refractivity contribution in [2.24, 2.45) is 0 Å². The molecule has 1 N–H and O–H groups in total. The molecule has 29 heavy (non-hydrogen) atoms. The number of carbonyl (C=O) groups excluding carboxylic acids is 3. The molecule has 0 radical (unpaired) electrons. The predicted molar refractivity (Wildman–Crippen MR) is 108 cm³/mol. The van der Waals surface area contributed by atoms with Crippen LogP contribution in [0.1, 0.15) is 15.9 Å². The van der Waals surface area contributed by atoms with Crippen molar-refractivity contribution in [2.45, 2.75) is 0 Å². The molecule has 0 saturated carbocycles. The maximum Gasteiger partial charge on any atom is 0.337 e. The molecule has 0 saturated heterocycles.